The van der Waals surface area contributed by atoms with Gasteiger partial charge in [0.1, 0.15) is 24.2 Å². The summed E-state index contributed by atoms with van der Waals surface area (Å²) in [6.07, 6.45) is 0.885. The number of hydrogen-bond acceptors (Lipinski definition) is 7. The SMILES string of the molecule is CC(=O)N[C@@H](Cc1ccccc1)C(=O)N[C@H](C(=O)N[C@@H](CCCCN)C(=O)NC(C#N)CC(=O)O)C(C)C. The lowest BCUT2D eigenvalue weighted by molar-refractivity contribution is -0.137. The number of hydrogen-bond donors (Lipinski definition) is 6. The highest BCUT2D eigenvalue weighted by molar-refractivity contribution is 5.94. The molecule has 1 aromatic carbocycles. The minimum absolute atomic E-state index is 0.196. The summed E-state index contributed by atoms with van der Waals surface area (Å²) in [5.41, 5.74) is 6.35. The Balaban J connectivity index is 3.03. The average Bonchev–Trinajstić information content (AvgIpc) is 2.85. The van der Waals surface area contributed by atoms with Gasteiger partial charge in [0.15, 0.2) is 0 Å². The second-order valence-electron chi connectivity index (χ2n) is 9.31. The Morgan fingerprint density at radius 1 is 0.921 bits per heavy atom. The third kappa shape index (κ3) is 11.8. The Bertz CT molecular complexity index is 994. The highest BCUT2D eigenvalue weighted by atomic mass is 16.4. The zero-order chi connectivity index (χ0) is 28.7. The molecule has 7 N–H and O–H groups in total. The molecule has 0 heterocycles. The molecule has 0 saturated heterocycles. The number of carbonyl (C=O) groups is 5. The molecule has 12 nitrogen and oxygen atoms in total. The van der Waals surface area contributed by atoms with Crippen LogP contribution >= 0.6 is 0 Å². The van der Waals surface area contributed by atoms with E-state index in [-0.39, 0.29) is 18.8 Å². The standard InChI is InChI=1S/C26H38N6O6/c1-16(2)23(32-25(37)21(29-17(3)33)13-18-9-5-4-6-10-18)26(38)31-20(11-7-8-12-27)24(36)30-19(15-28)14-22(34)35/h4-6,9-10,16,19-21,23H,7-8,11-14,27H2,1-3H3,(H,29,33)(H,30,36)(H,31,38)(H,32,37)(H,34,35)/t19?,20-,21-,23-/m0/s1. The summed E-state index contributed by atoms with van der Waals surface area (Å²) < 4.78 is 0. The lowest BCUT2D eigenvalue weighted by Gasteiger charge is -2.27. The molecule has 0 aromatic heterocycles. The minimum atomic E-state index is -1.27. The number of rotatable bonds is 16. The Kier molecular flexibility index (Phi) is 14.1. The van der Waals surface area contributed by atoms with E-state index in [2.05, 4.69) is 21.3 Å². The second-order valence-corrected chi connectivity index (χ2v) is 9.31. The molecule has 0 fully saturated rings. The summed E-state index contributed by atoms with van der Waals surface area (Å²) in [5.74, 6) is -3.94. The molecule has 0 radical (unpaired) electrons. The fourth-order valence-corrected chi connectivity index (χ4v) is 3.69. The number of carbonyl (C=O) groups excluding carboxylic acids is 4. The molecule has 0 spiro atoms. The molecular formula is C26H38N6O6. The van der Waals surface area contributed by atoms with Crippen molar-refractivity contribution in [3.05, 3.63) is 35.9 Å². The molecule has 0 aliphatic heterocycles. The molecule has 4 amide bonds. The second kappa shape index (κ2) is 16.7. The predicted molar refractivity (Wildman–Crippen MR) is 139 cm³/mol. The molecule has 1 unspecified atom stereocenters. The van der Waals surface area contributed by atoms with Crippen molar-refractivity contribution in [2.45, 2.75) is 77.0 Å². The van der Waals surface area contributed by atoms with Gasteiger partial charge in [0, 0.05) is 13.3 Å². The zero-order valence-corrected chi connectivity index (χ0v) is 22.0. The first-order valence-electron chi connectivity index (χ1n) is 12.5. The number of amides is 4. The number of unbranched alkanes of at least 4 members (excludes halogenated alkanes) is 1. The summed E-state index contributed by atoms with van der Waals surface area (Å²) in [5, 5.41) is 28.4. The maximum absolute atomic E-state index is 13.2. The van der Waals surface area contributed by atoms with Crippen LogP contribution in [0.3, 0.4) is 0 Å². The molecule has 1 aromatic rings. The van der Waals surface area contributed by atoms with Gasteiger partial charge in [-0.05, 0) is 37.3 Å². The highest BCUT2D eigenvalue weighted by Crippen LogP contribution is 2.09. The van der Waals surface area contributed by atoms with Gasteiger partial charge in [0.25, 0.3) is 0 Å². The van der Waals surface area contributed by atoms with Crippen LogP contribution in [0.5, 0.6) is 0 Å². The third-order valence-electron chi connectivity index (χ3n) is 5.65. The molecule has 38 heavy (non-hydrogen) atoms. The van der Waals surface area contributed by atoms with Crippen LogP contribution in [0.4, 0.5) is 0 Å². The maximum atomic E-state index is 13.2. The van der Waals surface area contributed by atoms with E-state index in [0.717, 1.165) is 5.56 Å². The average molecular weight is 531 g/mol. The molecule has 0 saturated carbocycles. The van der Waals surface area contributed by atoms with Crippen LogP contribution in [-0.2, 0) is 30.4 Å². The van der Waals surface area contributed by atoms with E-state index in [9.17, 15) is 29.2 Å². The molecule has 208 valence electrons. The van der Waals surface area contributed by atoms with Gasteiger partial charge < -0.3 is 32.1 Å². The van der Waals surface area contributed by atoms with Crippen LogP contribution in [0, 0.1) is 17.2 Å². The van der Waals surface area contributed by atoms with Crippen molar-refractivity contribution in [3.63, 3.8) is 0 Å². The van der Waals surface area contributed by atoms with Crippen LogP contribution in [-0.4, -0.2) is 65.4 Å². The molecular weight excluding hydrogens is 492 g/mol. The Morgan fingerprint density at radius 3 is 2.08 bits per heavy atom. The zero-order valence-electron chi connectivity index (χ0n) is 22.0. The quantitative estimate of drug-likeness (QED) is 0.160. The summed E-state index contributed by atoms with van der Waals surface area (Å²) in [6.45, 7) is 5.11. The van der Waals surface area contributed by atoms with E-state index in [1.807, 2.05) is 30.3 Å². The van der Waals surface area contributed by atoms with E-state index in [4.69, 9.17) is 10.8 Å². The van der Waals surface area contributed by atoms with Crippen molar-refractivity contribution in [3.8, 4) is 6.07 Å². The lowest BCUT2D eigenvalue weighted by Crippen LogP contribution is -2.58. The van der Waals surface area contributed by atoms with Gasteiger partial charge >= 0.3 is 5.97 Å². The largest absolute Gasteiger partial charge is 0.481 e. The third-order valence-corrected chi connectivity index (χ3v) is 5.65. The number of nitrogens with one attached hydrogen (secondary N) is 4. The van der Waals surface area contributed by atoms with Gasteiger partial charge in [0.05, 0.1) is 12.5 Å². The molecule has 1 rings (SSSR count). The predicted octanol–water partition coefficient (Wildman–Crippen LogP) is -0.0285. The van der Waals surface area contributed by atoms with Gasteiger partial charge in [-0.25, -0.2) is 0 Å². The number of nitriles is 1. The summed E-state index contributed by atoms with van der Waals surface area (Å²) >= 11 is 0. The summed E-state index contributed by atoms with van der Waals surface area (Å²) in [6, 6.07) is 6.49. The van der Waals surface area contributed by atoms with Crippen LogP contribution in [0.25, 0.3) is 0 Å². The summed E-state index contributed by atoms with van der Waals surface area (Å²) in [7, 11) is 0. The Labute approximate surface area is 222 Å². The first-order chi connectivity index (χ1) is 18.0. The van der Waals surface area contributed by atoms with Gasteiger partial charge in [-0.3, -0.25) is 24.0 Å². The number of nitrogens with zero attached hydrogens (tertiary/aromatic N) is 1. The number of nitrogens with two attached hydrogens (primary N) is 1. The van der Waals surface area contributed by atoms with E-state index in [0.29, 0.717) is 19.4 Å². The van der Waals surface area contributed by atoms with Crippen LogP contribution in [0.15, 0.2) is 30.3 Å². The normalized spacial score (nSPS) is 13.8. The summed E-state index contributed by atoms with van der Waals surface area (Å²) in [4.78, 5) is 61.9. The molecule has 0 aliphatic rings. The van der Waals surface area contributed by atoms with E-state index in [1.165, 1.54) is 6.92 Å². The van der Waals surface area contributed by atoms with E-state index < -0.39 is 60.2 Å². The van der Waals surface area contributed by atoms with Crippen molar-refractivity contribution >= 4 is 29.6 Å². The number of carboxylic acids is 1. The first kappa shape index (κ1) is 32.0. The Hall–Kier alpha value is -3.98. The molecule has 0 bridgehead atoms. The van der Waals surface area contributed by atoms with Crippen LogP contribution < -0.4 is 27.0 Å². The van der Waals surface area contributed by atoms with E-state index in [1.54, 1.807) is 19.9 Å². The van der Waals surface area contributed by atoms with Crippen molar-refractivity contribution in [2.75, 3.05) is 6.54 Å². The number of carboxylic acid groups (broad SMARTS) is 1. The first-order valence-corrected chi connectivity index (χ1v) is 12.5. The number of benzene rings is 1. The van der Waals surface area contributed by atoms with Crippen LogP contribution in [0.2, 0.25) is 0 Å². The number of aliphatic carboxylic acids is 1. The van der Waals surface area contributed by atoms with Gasteiger partial charge in [-0.15, -0.1) is 0 Å². The molecule has 4 atom stereocenters. The lowest BCUT2D eigenvalue weighted by atomic mass is 10.00. The van der Waals surface area contributed by atoms with Gasteiger partial charge in [-0.2, -0.15) is 5.26 Å². The van der Waals surface area contributed by atoms with Gasteiger partial charge in [-0.1, -0.05) is 44.2 Å². The monoisotopic (exact) mass is 530 g/mol. The van der Waals surface area contributed by atoms with E-state index >= 15 is 0 Å². The fourth-order valence-electron chi connectivity index (χ4n) is 3.69. The Morgan fingerprint density at radius 2 is 1.55 bits per heavy atom. The minimum Gasteiger partial charge on any atom is -0.481 e. The fraction of sp³-hybridized carbons (Fsp3) is 0.538. The van der Waals surface area contributed by atoms with Crippen molar-refractivity contribution in [1.82, 2.24) is 21.3 Å². The highest BCUT2D eigenvalue weighted by Gasteiger charge is 2.31. The van der Waals surface area contributed by atoms with Crippen molar-refractivity contribution < 1.29 is 29.1 Å². The van der Waals surface area contributed by atoms with Crippen molar-refractivity contribution in [1.29, 1.82) is 5.26 Å². The van der Waals surface area contributed by atoms with Crippen LogP contribution in [0.1, 0.15) is 52.0 Å². The topological polar surface area (TPSA) is 204 Å². The van der Waals surface area contributed by atoms with Gasteiger partial charge in [0.2, 0.25) is 23.6 Å². The molecule has 12 heteroatoms. The van der Waals surface area contributed by atoms with Crippen molar-refractivity contribution in [2.24, 2.45) is 11.7 Å². The molecule has 0 aliphatic carbocycles. The smallest absolute Gasteiger partial charge is 0.306 e. The maximum Gasteiger partial charge on any atom is 0.306 e.